The maximum atomic E-state index is 13.9. The van der Waals surface area contributed by atoms with Crippen LogP contribution in [0, 0.1) is 18.7 Å². The first-order valence-corrected chi connectivity index (χ1v) is 6.48. The molecule has 2 rings (SSSR count). The number of hydrogen-bond donors (Lipinski definition) is 2. The van der Waals surface area contributed by atoms with Crippen molar-refractivity contribution in [2.75, 3.05) is 24.6 Å². The van der Waals surface area contributed by atoms with Crippen molar-refractivity contribution >= 4 is 17.5 Å². The summed E-state index contributed by atoms with van der Waals surface area (Å²) < 4.78 is 13.9. The third kappa shape index (κ3) is 2.96. The third-order valence-corrected chi connectivity index (χ3v) is 3.30. The summed E-state index contributed by atoms with van der Waals surface area (Å²) in [6.45, 7) is 1.94. The van der Waals surface area contributed by atoms with Gasteiger partial charge in [0.2, 0.25) is 11.8 Å². The number of hydrogen-bond acceptors (Lipinski definition) is 3. The maximum Gasteiger partial charge on any atom is 0.227 e. The second-order valence-corrected chi connectivity index (χ2v) is 4.87. The predicted octanol–water partition coefficient (Wildman–Crippen LogP) is 0.596. The molecule has 0 spiro atoms. The molecule has 1 heterocycles. The van der Waals surface area contributed by atoms with Gasteiger partial charge >= 0.3 is 0 Å². The highest BCUT2D eigenvalue weighted by Gasteiger charge is 2.35. The van der Waals surface area contributed by atoms with E-state index in [0.29, 0.717) is 0 Å². The van der Waals surface area contributed by atoms with E-state index in [-0.39, 0.29) is 43.6 Å². The Balaban J connectivity index is 2.11. The highest BCUT2D eigenvalue weighted by molar-refractivity contribution is 6.00. The van der Waals surface area contributed by atoms with E-state index in [0.717, 1.165) is 5.56 Å². The highest BCUT2D eigenvalue weighted by Crippen LogP contribution is 2.28. The van der Waals surface area contributed by atoms with Gasteiger partial charge in [-0.05, 0) is 24.6 Å². The molecule has 2 amide bonds. The number of nitrogens with zero attached hydrogens (tertiary/aromatic N) is 1. The summed E-state index contributed by atoms with van der Waals surface area (Å²) in [6.07, 6.45) is 0.0601. The van der Waals surface area contributed by atoms with Crippen molar-refractivity contribution in [3.05, 3.63) is 29.6 Å². The SMILES string of the molecule is Cc1ccc(N2CC(C(=O)NCCO)CC2=O)c(F)c1. The van der Waals surface area contributed by atoms with Crippen LogP contribution >= 0.6 is 0 Å². The van der Waals surface area contributed by atoms with E-state index in [1.54, 1.807) is 19.1 Å². The minimum atomic E-state index is -0.505. The molecule has 0 radical (unpaired) electrons. The molecule has 1 fully saturated rings. The van der Waals surface area contributed by atoms with Crippen molar-refractivity contribution in [1.29, 1.82) is 0 Å². The normalized spacial score (nSPS) is 18.4. The van der Waals surface area contributed by atoms with Gasteiger partial charge in [-0.25, -0.2) is 4.39 Å². The lowest BCUT2D eigenvalue weighted by molar-refractivity contribution is -0.126. The van der Waals surface area contributed by atoms with E-state index in [1.165, 1.54) is 11.0 Å². The van der Waals surface area contributed by atoms with Gasteiger partial charge in [-0.3, -0.25) is 9.59 Å². The zero-order chi connectivity index (χ0) is 14.7. The zero-order valence-electron chi connectivity index (χ0n) is 11.2. The Morgan fingerprint density at radius 3 is 2.95 bits per heavy atom. The lowest BCUT2D eigenvalue weighted by atomic mass is 10.1. The van der Waals surface area contributed by atoms with Crippen molar-refractivity contribution < 1.29 is 19.1 Å². The van der Waals surface area contributed by atoms with Crippen LogP contribution in [0.4, 0.5) is 10.1 Å². The Kier molecular flexibility index (Phi) is 4.34. The van der Waals surface area contributed by atoms with Crippen LogP contribution in [0.25, 0.3) is 0 Å². The summed E-state index contributed by atoms with van der Waals surface area (Å²) >= 11 is 0. The van der Waals surface area contributed by atoms with E-state index in [4.69, 9.17) is 5.11 Å². The van der Waals surface area contributed by atoms with E-state index >= 15 is 0 Å². The first-order chi connectivity index (χ1) is 9.52. The minimum Gasteiger partial charge on any atom is -0.395 e. The number of rotatable bonds is 4. The van der Waals surface area contributed by atoms with Crippen LogP contribution in [0.5, 0.6) is 0 Å². The highest BCUT2D eigenvalue weighted by atomic mass is 19.1. The average molecular weight is 280 g/mol. The van der Waals surface area contributed by atoms with Gasteiger partial charge in [0.05, 0.1) is 18.2 Å². The number of anilines is 1. The van der Waals surface area contributed by atoms with Crippen LogP contribution in [0.1, 0.15) is 12.0 Å². The zero-order valence-corrected chi connectivity index (χ0v) is 11.2. The summed E-state index contributed by atoms with van der Waals surface area (Å²) in [5, 5.41) is 11.2. The van der Waals surface area contributed by atoms with Crippen molar-refractivity contribution in [2.24, 2.45) is 5.92 Å². The molecular formula is C14H17FN2O3. The van der Waals surface area contributed by atoms with Crippen LogP contribution in [0.2, 0.25) is 0 Å². The van der Waals surface area contributed by atoms with Gasteiger partial charge in [-0.15, -0.1) is 0 Å². The molecule has 6 heteroatoms. The molecule has 108 valence electrons. The third-order valence-electron chi connectivity index (χ3n) is 3.30. The second-order valence-electron chi connectivity index (χ2n) is 4.87. The summed E-state index contributed by atoms with van der Waals surface area (Å²) in [6, 6.07) is 4.64. The largest absolute Gasteiger partial charge is 0.395 e. The molecule has 2 N–H and O–H groups in total. The quantitative estimate of drug-likeness (QED) is 0.848. The summed E-state index contributed by atoms with van der Waals surface area (Å²) in [7, 11) is 0. The molecule has 0 saturated carbocycles. The smallest absolute Gasteiger partial charge is 0.227 e. The van der Waals surface area contributed by atoms with Gasteiger partial charge in [0.15, 0.2) is 0 Å². The lowest BCUT2D eigenvalue weighted by Gasteiger charge is -2.17. The fourth-order valence-electron chi connectivity index (χ4n) is 2.27. The van der Waals surface area contributed by atoms with Crippen molar-refractivity contribution in [3.63, 3.8) is 0 Å². The maximum absolute atomic E-state index is 13.9. The van der Waals surface area contributed by atoms with E-state index in [9.17, 15) is 14.0 Å². The Labute approximate surface area is 116 Å². The Hall–Kier alpha value is -1.95. The van der Waals surface area contributed by atoms with E-state index in [2.05, 4.69) is 5.32 Å². The van der Waals surface area contributed by atoms with Gasteiger partial charge in [-0.2, -0.15) is 0 Å². The fourth-order valence-corrected chi connectivity index (χ4v) is 2.27. The van der Waals surface area contributed by atoms with Crippen molar-refractivity contribution in [1.82, 2.24) is 5.32 Å². The second kappa shape index (κ2) is 6.00. The first-order valence-electron chi connectivity index (χ1n) is 6.48. The molecule has 0 bridgehead atoms. The Bertz CT molecular complexity index is 533. The number of aliphatic hydroxyl groups is 1. The molecule has 1 saturated heterocycles. The van der Waals surface area contributed by atoms with Gasteiger partial charge in [-0.1, -0.05) is 6.07 Å². The number of carbonyl (C=O) groups excluding carboxylic acids is 2. The van der Waals surface area contributed by atoms with E-state index < -0.39 is 11.7 Å². The fraction of sp³-hybridized carbons (Fsp3) is 0.429. The van der Waals surface area contributed by atoms with Crippen LogP contribution in [0.3, 0.4) is 0 Å². The molecule has 1 unspecified atom stereocenters. The van der Waals surface area contributed by atoms with Crippen LogP contribution in [-0.4, -0.2) is 36.6 Å². The molecule has 1 aromatic carbocycles. The number of benzene rings is 1. The molecule has 1 atom stereocenters. The number of nitrogens with one attached hydrogen (secondary N) is 1. The number of carbonyl (C=O) groups is 2. The Morgan fingerprint density at radius 1 is 1.55 bits per heavy atom. The molecule has 20 heavy (non-hydrogen) atoms. The van der Waals surface area contributed by atoms with Gasteiger partial charge in [0.1, 0.15) is 5.82 Å². The predicted molar refractivity (Wildman–Crippen MR) is 71.7 cm³/mol. The molecule has 5 nitrogen and oxygen atoms in total. The van der Waals surface area contributed by atoms with Crippen LogP contribution < -0.4 is 10.2 Å². The molecular weight excluding hydrogens is 263 g/mol. The lowest BCUT2D eigenvalue weighted by Crippen LogP contribution is -2.34. The molecule has 0 aliphatic carbocycles. The topological polar surface area (TPSA) is 69.6 Å². The number of aliphatic hydroxyl groups excluding tert-OH is 1. The number of halogens is 1. The minimum absolute atomic E-state index is 0.0601. The molecule has 0 aromatic heterocycles. The van der Waals surface area contributed by atoms with Crippen LogP contribution in [0.15, 0.2) is 18.2 Å². The molecule has 1 aromatic rings. The molecule has 1 aliphatic rings. The summed E-state index contributed by atoms with van der Waals surface area (Å²) in [4.78, 5) is 25.0. The summed E-state index contributed by atoms with van der Waals surface area (Å²) in [5.41, 5.74) is 0.980. The first kappa shape index (κ1) is 14.5. The van der Waals surface area contributed by atoms with Gasteiger partial charge in [0, 0.05) is 19.5 Å². The Morgan fingerprint density at radius 2 is 2.30 bits per heavy atom. The number of amides is 2. The molecule has 1 aliphatic heterocycles. The van der Waals surface area contributed by atoms with Crippen LogP contribution in [-0.2, 0) is 9.59 Å². The average Bonchev–Trinajstić information content (AvgIpc) is 2.78. The number of aryl methyl sites for hydroxylation is 1. The monoisotopic (exact) mass is 280 g/mol. The van der Waals surface area contributed by atoms with Crippen molar-refractivity contribution in [3.8, 4) is 0 Å². The van der Waals surface area contributed by atoms with Crippen molar-refractivity contribution in [2.45, 2.75) is 13.3 Å². The standard InChI is InChI=1S/C14H17FN2O3/c1-9-2-3-12(11(15)6-9)17-8-10(7-13(17)19)14(20)16-4-5-18/h2-3,6,10,18H,4-5,7-8H2,1H3,(H,16,20). The van der Waals surface area contributed by atoms with E-state index in [1.807, 2.05) is 0 Å². The van der Waals surface area contributed by atoms with Gasteiger partial charge in [0.25, 0.3) is 0 Å². The van der Waals surface area contributed by atoms with Gasteiger partial charge < -0.3 is 15.3 Å². The summed E-state index contributed by atoms with van der Waals surface area (Å²) in [5.74, 6) is -1.52.